The van der Waals surface area contributed by atoms with Crippen molar-refractivity contribution < 1.29 is 14.0 Å². The Morgan fingerprint density at radius 3 is 2.72 bits per heavy atom. The van der Waals surface area contributed by atoms with Gasteiger partial charge in [0.15, 0.2) is 5.17 Å². The van der Waals surface area contributed by atoms with Gasteiger partial charge in [0.2, 0.25) is 5.91 Å². The number of benzene rings is 2. The zero-order valence-corrected chi connectivity index (χ0v) is 16.6. The average molecular weight is 410 g/mol. The van der Waals surface area contributed by atoms with E-state index in [9.17, 15) is 14.0 Å². The van der Waals surface area contributed by atoms with Crippen molar-refractivity contribution >= 4 is 46.0 Å². The molecule has 0 aliphatic carbocycles. The number of nitrogens with zero attached hydrogens (tertiary/aromatic N) is 3. The van der Waals surface area contributed by atoms with Gasteiger partial charge in [-0.25, -0.2) is 14.3 Å². The van der Waals surface area contributed by atoms with E-state index in [1.54, 1.807) is 0 Å². The second-order valence-corrected chi connectivity index (χ2v) is 7.63. The molecule has 2 aliphatic heterocycles. The lowest BCUT2D eigenvalue weighted by Gasteiger charge is -2.25. The summed E-state index contributed by atoms with van der Waals surface area (Å²) in [7, 11) is 0. The van der Waals surface area contributed by atoms with Gasteiger partial charge in [-0.3, -0.25) is 14.6 Å². The minimum Gasteiger partial charge on any atom is -0.325 e. The molecule has 0 fully saturated rings. The van der Waals surface area contributed by atoms with Crippen molar-refractivity contribution in [2.24, 2.45) is 9.98 Å². The van der Waals surface area contributed by atoms with Gasteiger partial charge < -0.3 is 5.32 Å². The molecule has 2 aromatic carbocycles. The Kier molecular flexibility index (Phi) is 5.44. The fraction of sp³-hybridized carbons (Fsp3) is 0.238. The smallest absolute Gasteiger partial charge is 0.259 e. The molecule has 2 heterocycles. The summed E-state index contributed by atoms with van der Waals surface area (Å²) in [6.07, 6.45) is 1.52. The molecule has 148 valence electrons. The number of para-hydroxylation sites is 1. The number of halogens is 1. The maximum absolute atomic E-state index is 13.0. The van der Waals surface area contributed by atoms with Crippen molar-refractivity contribution in [3.8, 4) is 0 Å². The summed E-state index contributed by atoms with van der Waals surface area (Å²) in [5, 5.41) is 3.16. The molecular weight excluding hydrogens is 391 g/mol. The highest BCUT2D eigenvalue weighted by atomic mass is 32.2. The second-order valence-electron chi connectivity index (χ2n) is 6.69. The lowest BCUT2D eigenvalue weighted by atomic mass is 10.1. The zero-order valence-electron chi connectivity index (χ0n) is 15.8. The number of amides is 2. The van der Waals surface area contributed by atoms with E-state index in [0.29, 0.717) is 23.1 Å². The number of anilines is 1. The monoisotopic (exact) mass is 410 g/mol. The Hall–Kier alpha value is -3.00. The molecule has 0 radical (unpaired) electrons. The number of thioether (sulfide) groups is 1. The van der Waals surface area contributed by atoms with Crippen LogP contribution < -0.4 is 5.32 Å². The van der Waals surface area contributed by atoms with E-state index in [1.165, 1.54) is 40.9 Å². The predicted octanol–water partition coefficient (Wildman–Crippen LogP) is 3.96. The largest absolute Gasteiger partial charge is 0.325 e. The number of fused-ring (bicyclic) bond motifs is 3. The first-order valence-corrected chi connectivity index (χ1v) is 10.3. The van der Waals surface area contributed by atoms with E-state index < -0.39 is 6.04 Å². The first-order valence-electron chi connectivity index (χ1n) is 9.35. The SMILES string of the molecule is CCC[C@@H]1N=C2c3ccccc3N=C(SCC(=O)Nc3ccc(F)cc3)N2C1=O. The van der Waals surface area contributed by atoms with Gasteiger partial charge in [-0.15, -0.1) is 0 Å². The molecular formula is C21H19FN4O2S. The van der Waals surface area contributed by atoms with Crippen LogP contribution in [0.3, 0.4) is 0 Å². The minimum absolute atomic E-state index is 0.0634. The van der Waals surface area contributed by atoms with Crippen LogP contribution >= 0.6 is 11.8 Å². The summed E-state index contributed by atoms with van der Waals surface area (Å²) >= 11 is 1.18. The van der Waals surface area contributed by atoms with Gasteiger partial charge in [-0.05, 0) is 42.8 Å². The van der Waals surface area contributed by atoms with Crippen LogP contribution in [0, 0.1) is 5.82 Å². The Bertz CT molecular complexity index is 1020. The van der Waals surface area contributed by atoms with Crippen LogP contribution in [0.4, 0.5) is 15.8 Å². The molecule has 0 spiro atoms. The summed E-state index contributed by atoms with van der Waals surface area (Å²) in [4.78, 5) is 36.0. The normalized spacial score (nSPS) is 17.4. The third-order valence-corrected chi connectivity index (χ3v) is 5.51. The maximum atomic E-state index is 13.0. The molecule has 0 saturated carbocycles. The quantitative estimate of drug-likeness (QED) is 0.811. The van der Waals surface area contributed by atoms with E-state index in [2.05, 4.69) is 15.3 Å². The molecule has 0 unspecified atom stereocenters. The van der Waals surface area contributed by atoms with Gasteiger partial charge in [0.05, 0.1) is 11.4 Å². The number of hydrogen-bond acceptors (Lipinski definition) is 5. The van der Waals surface area contributed by atoms with E-state index in [1.807, 2.05) is 31.2 Å². The Balaban J connectivity index is 1.53. The van der Waals surface area contributed by atoms with Crippen molar-refractivity contribution in [1.82, 2.24) is 4.90 Å². The molecule has 0 aromatic heterocycles. The fourth-order valence-corrected chi connectivity index (χ4v) is 4.02. The van der Waals surface area contributed by atoms with Crippen LogP contribution in [-0.4, -0.2) is 39.5 Å². The van der Waals surface area contributed by atoms with E-state index in [0.717, 1.165) is 17.7 Å². The van der Waals surface area contributed by atoms with Gasteiger partial charge in [0.1, 0.15) is 17.7 Å². The Morgan fingerprint density at radius 1 is 1.21 bits per heavy atom. The summed E-state index contributed by atoms with van der Waals surface area (Å²) in [6, 6.07) is 12.7. The van der Waals surface area contributed by atoms with Crippen LogP contribution in [-0.2, 0) is 9.59 Å². The topological polar surface area (TPSA) is 74.1 Å². The summed E-state index contributed by atoms with van der Waals surface area (Å²) in [6.45, 7) is 2.02. The maximum Gasteiger partial charge on any atom is 0.259 e. The molecule has 6 nitrogen and oxygen atoms in total. The average Bonchev–Trinajstić information content (AvgIpc) is 3.05. The molecule has 8 heteroatoms. The first kappa shape index (κ1) is 19.3. The molecule has 4 rings (SSSR count). The molecule has 1 atom stereocenters. The predicted molar refractivity (Wildman–Crippen MR) is 113 cm³/mol. The number of aliphatic imine (C=N–C) groups is 2. The molecule has 29 heavy (non-hydrogen) atoms. The van der Waals surface area contributed by atoms with Gasteiger partial charge in [0.25, 0.3) is 5.91 Å². The van der Waals surface area contributed by atoms with Crippen molar-refractivity contribution in [3.05, 3.63) is 59.9 Å². The molecule has 2 amide bonds. The van der Waals surface area contributed by atoms with Crippen LogP contribution in [0.1, 0.15) is 25.3 Å². The Morgan fingerprint density at radius 2 is 1.97 bits per heavy atom. The molecule has 0 bridgehead atoms. The highest BCUT2D eigenvalue weighted by molar-refractivity contribution is 8.14. The number of carbonyl (C=O) groups is 2. The zero-order chi connectivity index (χ0) is 20.4. The number of hydrogen-bond donors (Lipinski definition) is 1. The van der Waals surface area contributed by atoms with Gasteiger partial charge in [-0.1, -0.05) is 37.2 Å². The highest BCUT2D eigenvalue weighted by Crippen LogP contribution is 2.34. The standard InChI is InChI=1S/C21H19FN4O2S/c1-2-5-17-20(28)26-19(24-17)15-6-3-4-7-16(15)25-21(26)29-12-18(27)23-14-10-8-13(22)9-11-14/h3-4,6-11,17H,2,5,12H2,1H3,(H,23,27)/t17-/m0/s1. The lowest BCUT2D eigenvalue weighted by Crippen LogP contribution is -2.41. The van der Waals surface area contributed by atoms with Gasteiger partial charge in [0, 0.05) is 11.3 Å². The lowest BCUT2D eigenvalue weighted by molar-refractivity contribution is -0.124. The number of nitrogens with one attached hydrogen (secondary N) is 1. The van der Waals surface area contributed by atoms with E-state index in [4.69, 9.17) is 0 Å². The molecule has 1 N–H and O–H groups in total. The molecule has 2 aromatic rings. The van der Waals surface area contributed by atoms with Crippen molar-refractivity contribution in [2.45, 2.75) is 25.8 Å². The van der Waals surface area contributed by atoms with Crippen LogP contribution in [0.25, 0.3) is 0 Å². The number of rotatable bonds is 5. The van der Waals surface area contributed by atoms with Gasteiger partial charge >= 0.3 is 0 Å². The first-order chi connectivity index (χ1) is 14.1. The van der Waals surface area contributed by atoms with E-state index >= 15 is 0 Å². The Labute approximate surface area is 171 Å². The minimum atomic E-state index is -0.417. The summed E-state index contributed by atoms with van der Waals surface area (Å²) in [5.41, 5.74) is 2.06. The van der Waals surface area contributed by atoms with Crippen molar-refractivity contribution in [1.29, 1.82) is 0 Å². The van der Waals surface area contributed by atoms with Crippen molar-refractivity contribution in [2.75, 3.05) is 11.1 Å². The summed E-state index contributed by atoms with van der Waals surface area (Å²) in [5.74, 6) is -0.0810. The third-order valence-electron chi connectivity index (χ3n) is 4.57. The van der Waals surface area contributed by atoms with Crippen molar-refractivity contribution in [3.63, 3.8) is 0 Å². The molecule has 0 saturated heterocycles. The highest BCUT2D eigenvalue weighted by Gasteiger charge is 2.40. The second kappa shape index (κ2) is 8.16. The van der Waals surface area contributed by atoms with Crippen LogP contribution in [0.5, 0.6) is 0 Å². The van der Waals surface area contributed by atoms with Crippen LogP contribution in [0.15, 0.2) is 58.5 Å². The van der Waals surface area contributed by atoms with Crippen LogP contribution in [0.2, 0.25) is 0 Å². The third kappa shape index (κ3) is 3.93. The fourth-order valence-electron chi connectivity index (χ4n) is 3.22. The number of carbonyl (C=O) groups excluding carboxylic acids is 2. The van der Waals surface area contributed by atoms with E-state index in [-0.39, 0.29) is 23.4 Å². The number of amidine groups is 2. The summed E-state index contributed by atoms with van der Waals surface area (Å²) < 4.78 is 13.0. The van der Waals surface area contributed by atoms with Gasteiger partial charge in [-0.2, -0.15) is 0 Å². The molecule has 2 aliphatic rings.